The lowest BCUT2D eigenvalue weighted by Gasteiger charge is -2.35. The number of allylic oxidation sites excluding steroid dienone is 4. The third kappa shape index (κ3) is 6.54. The van der Waals surface area contributed by atoms with Gasteiger partial charge in [0.05, 0.1) is 19.1 Å². The van der Waals surface area contributed by atoms with Crippen molar-refractivity contribution in [3.8, 4) is 33.4 Å². The van der Waals surface area contributed by atoms with Crippen molar-refractivity contribution in [1.29, 1.82) is 0 Å². The van der Waals surface area contributed by atoms with Gasteiger partial charge in [0.15, 0.2) is 0 Å². The average Bonchev–Trinajstić information content (AvgIpc) is 4.03. The van der Waals surface area contributed by atoms with Gasteiger partial charge in [-0.15, -0.1) is 0 Å². The molecule has 0 spiro atoms. The van der Waals surface area contributed by atoms with Crippen molar-refractivity contribution in [3.05, 3.63) is 294 Å². The highest BCUT2D eigenvalue weighted by molar-refractivity contribution is 6.13. The van der Waals surface area contributed by atoms with E-state index in [1.54, 1.807) is 18.2 Å². The van der Waals surface area contributed by atoms with Crippen LogP contribution in [0.5, 0.6) is 0 Å². The van der Waals surface area contributed by atoms with Crippen molar-refractivity contribution >= 4 is 49.3 Å². The fraction of sp³-hybridized carbons (Fsp3) is 0.0448. The lowest BCUT2D eigenvalue weighted by Crippen LogP contribution is -2.29. The Hall–Kier alpha value is -8.52. The summed E-state index contributed by atoms with van der Waals surface area (Å²) >= 11 is 0. The zero-order chi connectivity index (χ0) is 55.5. The van der Waals surface area contributed by atoms with Crippen LogP contribution in [0.15, 0.2) is 266 Å². The smallest absolute Gasteiger partial charge is 0.0714 e. The molecule has 0 saturated heterocycles. The molecule has 0 fully saturated rings. The first-order valence-corrected chi connectivity index (χ1v) is 22.8. The summed E-state index contributed by atoms with van der Waals surface area (Å²) in [6, 6.07) is 59.1. The number of rotatable bonds is 8. The molecule has 0 aromatic heterocycles. The Morgan fingerprint density at radius 3 is 1.74 bits per heavy atom. The van der Waals surface area contributed by atoms with Gasteiger partial charge in [-0.3, -0.25) is 0 Å². The van der Waals surface area contributed by atoms with Crippen LogP contribution in [0.1, 0.15) is 57.1 Å². The number of hydrogen-bond acceptors (Lipinski definition) is 1. The molecule has 2 aliphatic carbocycles. The minimum absolute atomic E-state index is 0.0271. The third-order valence-corrected chi connectivity index (χ3v) is 13.5. The van der Waals surface area contributed by atoms with Gasteiger partial charge in [0.2, 0.25) is 0 Å². The Morgan fingerprint density at radius 2 is 0.971 bits per heavy atom. The van der Waals surface area contributed by atoms with Gasteiger partial charge in [0.25, 0.3) is 0 Å². The highest BCUT2D eigenvalue weighted by atomic mass is 15.1. The summed E-state index contributed by atoms with van der Waals surface area (Å²) < 4.78 is 117. The molecule has 0 bridgehead atoms. The van der Waals surface area contributed by atoms with Gasteiger partial charge in [-0.1, -0.05) is 218 Å². The lowest BCUT2D eigenvalue weighted by atomic mass is 9.67. The molecule has 2 unspecified atom stereocenters. The fourth-order valence-corrected chi connectivity index (χ4v) is 10.4. The quantitative estimate of drug-likeness (QED) is 0.138. The summed E-state index contributed by atoms with van der Waals surface area (Å²) in [5.74, 6) is 0. The Bertz CT molecular complexity index is 4380. The van der Waals surface area contributed by atoms with Crippen LogP contribution in [0, 0.1) is 0 Å². The van der Waals surface area contributed by atoms with Gasteiger partial charge in [-0.05, 0) is 154 Å². The van der Waals surface area contributed by atoms with Crippen LogP contribution in [-0.4, -0.2) is 0 Å². The van der Waals surface area contributed by atoms with Crippen molar-refractivity contribution < 1.29 is 16.4 Å². The highest BCUT2D eigenvalue weighted by Crippen LogP contribution is 2.57. The zero-order valence-electron chi connectivity index (χ0n) is 48.7. The molecule has 2 atom stereocenters. The van der Waals surface area contributed by atoms with Crippen LogP contribution < -0.4 is 4.90 Å². The summed E-state index contributed by atoms with van der Waals surface area (Å²) in [6.45, 7) is 0. The Balaban J connectivity index is 1.08. The molecule has 2 aliphatic rings. The molecule has 0 amide bonds. The number of fused-ring (bicyclic) bond motifs is 7. The summed E-state index contributed by atoms with van der Waals surface area (Å²) in [5, 5.41) is 5.13. The van der Waals surface area contributed by atoms with Crippen molar-refractivity contribution in [3.63, 3.8) is 0 Å². The molecule has 0 radical (unpaired) electrons. The van der Waals surface area contributed by atoms with Gasteiger partial charge in [-0.25, -0.2) is 0 Å². The lowest BCUT2D eigenvalue weighted by molar-refractivity contribution is 0.768. The first-order valence-electron chi connectivity index (χ1n) is 28.9. The second kappa shape index (κ2) is 16.4. The minimum Gasteiger partial charge on any atom is -0.314 e. The highest BCUT2D eigenvalue weighted by Gasteiger charge is 2.46. The van der Waals surface area contributed by atoms with E-state index in [1.807, 2.05) is 146 Å². The molecular weight excluding hydrogens is 819 g/mol. The molecule has 1 heteroatoms. The average molecular weight is 878 g/mol. The van der Waals surface area contributed by atoms with Crippen molar-refractivity contribution in [2.24, 2.45) is 0 Å². The molecular formula is C67H47N. The van der Waals surface area contributed by atoms with Crippen LogP contribution in [0.2, 0.25) is 0 Å². The molecule has 0 aliphatic heterocycles. The normalized spacial score (nSPS) is 18.7. The van der Waals surface area contributed by atoms with Crippen LogP contribution in [0.3, 0.4) is 0 Å². The number of benzene rings is 11. The predicted molar refractivity (Wildman–Crippen MR) is 287 cm³/mol. The van der Waals surface area contributed by atoms with Crippen LogP contribution in [0.4, 0.5) is 11.4 Å². The Morgan fingerprint density at radius 1 is 0.368 bits per heavy atom. The first-order chi connectivity index (χ1) is 38.7. The second-order valence-corrected chi connectivity index (χ2v) is 17.2. The van der Waals surface area contributed by atoms with E-state index in [0.717, 1.165) is 65.7 Å². The van der Waals surface area contributed by atoms with Gasteiger partial charge in [-0.2, -0.15) is 0 Å². The van der Waals surface area contributed by atoms with E-state index in [-0.39, 0.29) is 51.4 Å². The number of anilines is 2. The first kappa shape index (κ1) is 29.2. The fourth-order valence-electron chi connectivity index (χ4n) is 10.4. The Kier molecular flexibility index (Phi) is 7.05. The largest absolute Gasteiger partial charge is 0.314 e. The topological polar surface area (TPSA) is 3.24 Å². The summed E-state index contributed by atoms with van der Waals surface area (Å²) in [5.41, 5.74) is 4.43. The molecule has 320 valence electrons. The van der Waals surface area contributed by atoms with Gasteiger partial charge < -0.3 is 4.90 Å². The van der Waals surface area contributed by atoms with Crippen LogP contribution in [-0.2, 0) is 5.41 Å². The summed E-state index contributed by atoms with van der Waals surface area (Å²) in [7, 11) is 0. The predicted octanol–water partition coefficient (Wildman–Crippen LogP) is 17.7. The van der Waals surface area contributed by atoms with E-state index < -0.39 is 66.6 Å². The van der Waals surface area contributed by atoms with Gasteiger partial charge >= 0.3 is 0 Å². The monoisotopic (exact) mass is 877 g/mol. The standard InChI is InChI=1S/C67H47N/c1-3-18-54(19-4-1)67(55-20-5-2-6-21-55)65-26-14-13-25-62(65)63-42-41-58(45-66(63)67)68(57-39-35-50(36-40-57)64-44-53-17-9-10-22-59(53)60-23-11-12-24-61(60)64)56-37-33-48(34-38-56)47-27-29-49(30-28-47)52-32-31-46-15-7-8-16-51(46)43-52/h1-33,35-37,39-45H,34,38H2/i27D,28D,29D,30D,33D,34D,35D,36D,37D,38D,39D,40D. The number of hydrogen-bond donors (Lipinski definition) is 0. The van der Waals surface area contributed by atoms with Crippen LogP contribution in [0.25, 0.3) is 71.3 Å². The molecule has 68 heavy (non-hydrogen) atoms. The maximum Gasteiger partial charge on any atom is 0.0714 e. The van der Waals surface area contributed by atoms with E-state index in [2.05, 4.69) is 36.4 Å². The second-order valence-electron chi connectivity index (χ2n) is 17.2. The third-order valence-electron chi connectivity index (χ3n) is 13.5. The van der Waals surface area contributed by atoms with Gasteiger partial charge in [0.1, 0.15) is 0 Å². The molecule has 11 aromatic rings. The molecule has 0 N–H and O–H groups in total. The van der Waals surface area contributed by atoms with Crippen LogP contribution >= 0.6 is 0 Å². The van der Waals surface area contributed by atoms with E-state index >= 15 is 0 Å². The molecule has 13 rings (SSSR count). The minimum atomic E-state index is -1.82. The van der Waals surface area contributed by atoms with Gasteiger partial charge in [0, 0.05) is 19.8 Å². The van der Waals surface area contributed by atoms with E-state index in [1.165, 1.54) is 4.90 Å². The summed E-state index contributed by atoms with van der Waals surface area (Å²) in [6.07, 6.45) is -3.63. The molecule has 0 saturated carbocycles. The maximum atomic E-state index is 10.1. The van der Waals surface area contributed by atoms with E-state index in [4.69, 9.17) is 0 Å². The molecule has 1 nitrogen and oxygen atoms in total. The van der Waals surface area contributed by atoms with Crippen molar-refractivity contribution in [1.82, 2.24) is 0 Å². The summed E-state index contributed by atoms with van der Waals surface area (Å²) in [4.78, 5) is 1.35. The molecule has 11 aromatic carbocycles. The molecule has 0 heterocycles. The van der Waals surface area contributed by atoms with Crippen molar-refractivity contribution in [2.45, 2.75) is 18.2 Å². The van der Waals surface area contributed by atoms with E-state index in [0.29, 0.717) is 11.1 Å². The number of nitrogens with zero attached hydrogens (tertiary/aromatic N) is 1. The maximum absolute atomic E-state index is 10.1. The van der Waals surface area contributed by atoms with Crippen molar-refractivity contribution in [2.75, 3.05) is 4.90 Å². The zero-order valence-corrected chi connectivity index (χ0v) is 36.7. The van der Waals surface area contributed by atoms with E-state index in [9.17, 15) is 16.4 Å². The Labute approximate surface area is 415 Å². The SMILES string of the molecule is [2H]C1=C(c2c([2H])c([2H])c(-c3ccc4ccccc4c3)c([2H])c2[2H])C([2H])C([2H])C(N(c2ccc3c(c2)C(c2ccccc2)(c2ccccc2)c2ccccc2-3)c2c([2H])c([2H])c(-c3cc4ccccc4c4ccccc34)c([2H])c2[2H])=C1[2H].